The third-order valence-electron chi connectivity index (χ3n) is 7.05. The Bertz CT molecular complexity index is 1360. The van der Waals surface area contributed by atoms with E-state index in [1.54, 1.807) is 41.3 Å². The average Bonchev–Trinajstić information content (AvgIpc) is 3.56. The van der Waals surface area contributed by atoms with Crippen LogP contribution < -0.4 is 0 Å². The van der Waals surface area contributed by atoms with Gasteiger partial charge in [-0.25, -0.2) is 19.2 Å². The van der Waals surface area contributed by atoms with Gasteiger partial charge in [-0.2, -0.15) is 0 Å². The Balaban J connectivity index is 0.000000248. The summed E-state index contributed by atoms with van der Waals surface area (Å²) in [5.74, 6) is -1.56. The standard InChI is InChI=1S/C19H24ClNO4.C12H12ClNO4/c1-19(2,3)25-18(23)21-15(9-11-17(22)24-4)8-10-16(21)13-6-5-7-14(20)12-13;13-8-3-1-2-7(6-8)9-4-5-10(11(15)16)14(9)12(17)18/h5-7,9,11-12,15-16H,8,10H2,1-4H3;1-3,6,9-10H,4-5H2,(H,15,16)(H,17,18)/b11-9+;/t15-,16+;9-,10+/m10/s1. The normalized spacial score (nSPS) is 21.7. The van der Waals surface area contributed by atoms with Crippen LogP contribution in [0, 0.1) is 0 Å². The van der Waals surface area contributed by atoms with Crippen molar-refractivity contribution < 1.29 is 38.9 Å². The molecule has 4 atom stereocenters. The van der Waals surface area contributed by atoms with Crippen LogP contribution in [0.3, 0.4) is 0 Å². The van der Waals surface area contributed by atoms with E-state index < -0.39 is 41.8 Å². The second-order valence-electron chi connectivity index (χ2n) is 11.2. The lowest BCUT2D eigenvalue weighted by Gasteiger charge is -2.32. The Morgan fingerprint density at radius 1 is 0.860 bits per heavy atom. The zero-order valence-electron chi connectivity index (χ0n) is 24.4. The molecule has 0 aliphatic carbocycles. The second-order valence-corrected chi connectivity index (χ2v) is 12.1. The fourth-order valence-corrected chi connectivity index (χ4v) is 5.66. The number of ether oxygens (including phenoxy) is 2. The number of halogens is 2. The van der Waals surface area contributed by atoms with Gasteiger partial charge in [0.15, 0.2) is 0 Å². The van der Waals surface area contributed by atoms with Crippen LogP contribution in [0.15, 0.2) is 60.7 Å². The van der Waals surface area contributed by atoms with Crippen molar-refractivity contribution in [3.05, 3.63) is 81.9 Å². The summed E-state index contributed by atoms with van der Waals surface area (Å²) in [4.78, 5) is 49.1. The van der Waals surface area contributed by atoms with Crippen LogP contribution in [-0.2, 0) is 19.1 Å². The molecule has 2 amide bonds. The highest BCUT2D eigenvalue weighted by Gasteiger charge is 2.42. The molecule has 2 saturated heterocycles. The van der Waals surface area contributed by atoms with Gasteiger partial charge in [-0.1, -0.05) is 53.5 Å². The first-order chi connectivity index (χ1) is 20.2. The molecule has 10 nitrogen and oxygen atoms in total. The van der Waals surface area contributed by atoms with Gasteiger partial charge in [0, 0.05) is 16.1 Å². The molecule has 0 saturated carbocycles. The molecular formula is C31H36Cl2N2O8. The van der Waals surface area contributed by atoms with Gasteiger partial charge in [-0.05, 0) is 81.8 Å². The summed E-state index contributed by atoms with van der Waals surface area (Å²) in [5, 5.41) is 19.3. The number of methoxy groups -OCH3 is 1. The Hall–Kier alpha value is -3.76. The van der Waals surface area contributed by atoms with E-state index in [0.29, 0.717) is 22.9 Å². The molecule has 12 heteroatoms. The Morgan fingerprint density at radius 3 is 1.86 bits per heavy atom. The lowest BCUT2D eigenvalue weighted by Crippen LogP contribution is -2.40. The maximum Gasteiger partial charge on any atom is 0.411 e. The fourth-order valence-electron chi connectivity index (χ4n) is 5.26. The van der Waals surface area contributed by atoms with Gasteiger partial charge in [0.05, 0.1) is 25.2 Å². The average molecular weight is 636 g/mol. The largest absolute Gasteiger partial charge is 0.480 e. The Morgan fingerprint density at radius 2 is 1.40 bits per heavy atom. The molecule has 43 heavy (non-hydrogen) atoms. The summed E-state index contributed by atoms with van der Waals surface area (Å²) in [5.41, 5.74) is 1.08. The van der Waals surface area contributed by atoms with E-state index in [1.807, 2.05) is 39.0 Å². The van der Waals surface area contributed by atoms with Crippen molar-refractivity contribution in [3.8, 4) is 0 Å². The van der Waals surface area contributed by atoms with Gasteiger partial charge in [0.25, 0.3) is 0 Å². The smallest absolute Gasteiger partial charge is 0.411 e. The molecule has 2 heterocycles. The van der Waals surface area contributed by atoms with Crippen LogP contribution in [0.1, 0.15) is 69.7 Å². The molecule has 232 valence electrons. The Labute approximate surface area is 260 Å². The minimum Gasteiger partial charge on any atom is -0.480 e. The van der Waals surface area contributed by atoms with Gasteiger partial charge in [0.1, 0.15) is 11.6 Å². The number of esters is 1. The quantitative estimate of drug-likeness (QED) is 0.262. The van der Waals surface area contributed by atoms with E-state index in [0.717, 1.165) is 28.9 Å². The van der Waals surface area contributed by atoms with Crippen molar-refractivity contribution >= 4 is 47.3 Å². The molecule has 2 N–H and O–H groups in total. The van der Waals surface area contributed by atoms with Crippen molar-refractivity contribution in [1.82, 2.24) is 9.80 Å². The zero-order chi connectivity index (χ0) is 31.9. The topological polar surface area (TPSA) is 134 Å². The van der Waals surface area contributed by atoms with Crippen molar-refractivity contribution in [2.75, 3.05) is 7.11 Å². The monoisotopic (exact) mass is 634 g/mol. The van der Waals surface area contributed by atoms with Crippen molar-refractivity contribution in [2.45, 2.75) is 76.2 Å². The zero-order valence-corrected chi connectivity index (χ0v) is 25.9. The fraction of sp³-hybridized carbons (Fsp3) is 0.419. The third-order valence-corrected chi connectivity index (χ3v) is 7.52. The maximum absolute atomic E-state index is 12.8. The van der Waals surface area contributed by atoms with E-state index in [4.69, 9.17) is 38.2 Å². The van der Waals surface area contributed by atoms with E-state index in [1.165, 1.54) is 13.2 Å². The van der Waals surface area contributed by atoms with Crippen LogP contribution in [0.5, 0.6) is 0 Å². The molecule has 2 aliphatic rings. The molecule has 0 radical (unpaired) electrons. The predicted octanol–water partition coefficient (Wildman–Crippen LogP) is 7.12. The third kappa shape index (κ3) is 9.11. The molecule has 2 aromatic rings. The first-order valence-electron chi connectivity index (χ1n) is 13.7. The highest BCUT2D eigenvalue weighted by molar-refractivity contribution is 6.30. The number of rotatable bonds is 5. The van der Waals surface area contributed by atoms with E-state index in [2.05, 4.69) is 4.74 Å². The molecule has 2 aliphatic heterocycles. The molecule has 2 aromatic carbocycles. The number of aliphatic carboxylic acids is 1. The minimum absolute atomic E-state index is 0.152. The van der Waals surface area contributed by atoms with Gasteiger partial charge >= 0.3 is 24.1 Å². The number of likely N-dealkylation sites (tertiary alicyclic amines) is 2. The molecule has 0 unspecified atom stereocenters. The highest BCUT2D eigenvalue weighted by atomic mass is 35.5. The summed E-state index contributed by atoms with van der Waals surface area (Å²) in [7, 11) is 1.32. The van der Waals surface area contributed by atoms with Crippen LogP contribution in [-0.4, -0.2) is 68.9 Å². The van der Waals surface area contributed by atoms with Gasteiger partial charge in [-0.15, -0.1) is 0 Å². The number of hydrogen-bond donors (Lipinski definition) is 2. The van der Waals surface area contributed by atoms with E-state index >= 15 is 0 Å². The molecule has 0 aromatic heterocycles. The van der Waals surface area contributed by atoms with E-state index in [9.17, 15) is 19.2 Å². The first kappa shape index (κ1) is 33.7. The number of carboxylic acid groups (broad SMARTS) is 2. The summed E-state index contributed by atoms with van der Waals surface area (Å²) in [6.45, 7) is 5.48. The lowest BCUT2D eigenvalue weighted by atomic mass is 10.0. The number of amides is 2. The van der Waals surface area contributed by atoms with Gasteiger partial charge in [0.2, 0.25) is 0 Å². The van der Waals surface area contributed by atoms with E-state index in [-0.39, 0.29) is 12.1 Å². The lowest BCUT2D eigenvalue weighted by molar-refractivity contribution is -0.142. The number of hydrogen-bond acceptors (Lipinski definition) is 6. The molecule has 0 bridgehead atoms. The predicted molar refractivity (Wildman–Crippen MR) is 161 cm³/mol. The SMILES string of the molecule is COC(=O)/C=C/[C@H]1CC[C@@H](c2cccc(Cl)c2)N1C(=O)OC(C)(C)C.O=C(O)[C@H]1CC[C@@H](c2cccc(Cl)c2)N1C(=O)O. The number of carboxylic acids is 1. The number of carbonyl (C=O) groups excluding carboxylic acids is 2. The minimum atomic E-state index is -1.22. The van der Waals surface area contributed by atoms with Crippen molar-refractivity contribution in [2.24, 2.45) is 0 Å². The number of carbonyl (C=O) groups is 4. The number of benzene rings is 2. The van der Waals surface area contributed by atoms with Gasteiger partial charge < -0.3 is 19.7 Å². The summed E-state index contributed by atoms with van der Waals surface area (Å²) in [6.07, 6.45) is 3.71. The molecule has 0 spiro atoms. The number of nitrogens with zero attached hydrogens (tertiary/aromatic N) is 2. The van der Waals surface area contributed by atoms with Crippen LogP contribution >= 0.6 is 23.2 Å². The van der Waals surface area contributed by atoms with Crippen molar-refractivity contribution in [3.63, 3.8) is 0 Å². The molecule has 2 fully saturated rings. The molecule has 4 rings (SSSR count). The van der Waals surface area contributed by atoms with Crippen molar-refractivity contribution in [1.29, 1.82) is 0 Å². The first-order valence-corrected chi connectivity index (χ1v) is 14.5. The Kier molecular flexibility index (Phi) is 11.5. The summed E-state index contributed by atoms with van der Waals surface area (Å²) >= 11 is 12.0. The maximum atomic E-state index is 12.8. The van der Waals surface area contributed by atoms with Gasteiger partial charge in [-0.3, -0.25) is 9.80 Å². The summed E-state index contributed by atoms with van der Waals surface area (Å²) in [6, 6.07) is 12.5. The van der Waals surface area contributed by atoms with Crippen LogP contribution in [0.4, 0.5) is 9.59 Å². The second kappa shape index (κ2) is 14.6. The molecular weight excluding hydrogens is 599 g/mol. The summed E-state index contributed by atoms with van der Waals surface area (Å²) < 4.78 is 10.2. The van der Waals surface area contributed by atoms with Crippen LogP contribution in [0.25, 0.3) is 0 Å². The van der Waals surface area contributed by atoms with Crippen LogP contribution in [0.2, 0.25) is 10.0 Å². The highest BCUT2D eigenvalue weighted by Crippen LogP contribution is 2.39.